The zero-order valence-electron chi connectivity index (χ0n) is 10.5. The molecule has 1 atom stereocenters. The van der Waals surface area contributed by atoms with Gasteiger partial charge in [-0.3, -0.25) is 4.79 Å². The van der Waals surface area contributed by atoms with E-state index in [4.69, 9.17) is 16.7 Å². The fraction of sp³-hybridized carbons (Fsp3) is 0.357. The summed E-state index contributed by atoms with van der Waals surface area (Å²) in [7, 11) is 0. The molecule has 3 nitrogen and oxygen atoms in total. The number of carbonyl (C=O) groups is 1. The molecule has 0 saturated carbocycles. The first-order valence-corrected chi connectivity index (χ1v) is 6.41. The second-order valence-corrected chi connectivity index (χ2v) is 4.89. The highest BCUT2D eigenvalue weighted by atomic mass is 35.5. The summed E-state index contributed by atoms with van der Waals surface area (Å²) in [5.41, 5.74) is 2.10. The van der Waals surface area contributed by atoms with Gasteiger partial charge in [0, 0.05) is 34.1 Å². The molecule has 0 aliphatic heterocycles. The van der Waals surface area contributed by atoms with E-state index in [1.807, 2.05) is 31.2 Å². The molecule has 4 heteroatoms. The minimum absolute atomic E-state index is 0.0223. The van der Waals surface area contributed by atoms with E-state index >= 15 is 0 Å². The Labute approximate surface area is 111 Å². The van der Waals surface area contributed by atoms with Gasteiger partial charge in [-0.1, -0.05) is 24.6 Å². The average Bonchev–Trinajstić information content (AvgIpc) is 2.68. The molecular formula is C14H16ClNO2. The van der Waals surface area contributed by atoms with Gasteiger partial charge < -0.3 is 9.67 Å². The van der Waals surface area contributed by atoms with Gasteiger partial charge in [0.15, 0.2) is 0 Å². The van der Waals surface area contributed by atoms with Crippen LogP contribution in [-0.2, 0) is 11.3 Å². The third-order valence-electron chi connectivity index (χ3n) is 3.23. The van der Waals surface area contributed by atoms with Crippen molar-refractivity contribution in [3.8, 4) is 0 Å². The van der Waals surface area contributed by atoms with E-state index < -0.39 is 5.97 Å². The molecule has 0 bridgehead atoms. The molecule has 96 valence electrons. The highest BCUT2D eigenvalue weighted by Gasteiger charge is 2.17. The topological polar surface area (TPSA) is 42.2 Å². The van der Waals surface area contributed by atoms with E-state index in [9.17, 15) is 4.79 Å². The minimum Gasteiger partial charge on any atom is -0.481 e. The number of halogens is 1. The number of carboxylic acid groups (broad SMARTS) is 1. The van der Waals surface area contributed by atoms with Crippen LogP contribution in [0.15, 0.2) is 24.3 Å². The van der Waals surface area contributed by atoms with Crippen LogP contribution < -0.4 is 0 Å². The van der Waals surface area contributed by atoms with Gasteiger partial charge in [0.05, 0.1) is 6.42 Å². The predicted octanol–water partition coefficient (Wildman–Crippen LogP) is 3.89. The highest BCUT2D eigenvalue weighted by molar-refractivity contribution is 6.35. The first kappa shape index (κ1) is 13.0. The number of aromatic nitrogens is 1. The van der Waals surface area contributed by atoms with Crippen molar-refractivity contribution >= 4 is 28.5 Å². The van der Waals surface area contributed by atoms with Gasteiger partial charge in [-0.15, -0.1) is 0 Å². The first-order chi connectivity index (χ1) is 8.54. The summed E-state index contributed by atoms with van der Waals surface area (Å²) in [6, 6.07) is 7.80. The molecule has 18 heavy (non-hydrogen) atoms. The van der Waals surface area contributed by atoms with Crippen LogP contribution in [-0.4, -0.2) is 15.6 Å². The zero-order chi connectivity index (χ0) is 13.3. The molecule has 1 aromatic carbocycles. The fourth-order valence-electron chi connectivity index (χ4n) is 2.40. The zero-order valence-corrected chi connectivity index (χ0v) is 11.2. The Balaban J connectivity index is 2.56. The Kier molecular flexibility index (Phi) is 3.62. The summed E-state index contributed by atoms with van der Waals surface area (Å²) < 4.78 is 2.13. The standard InChI is InChI=1S/C14H16ClNO2/c1-3-16-12-6-4-5-11(15)10(12)8-13(16)9(2)7-14(17)18/h4-6,8-9H,3,7H2,1-2H3,(H,17,18). The maximum atomic E-state index is 10.8. The summed E-state index contributed by atoms with van der Waals surface area (Å²) in [6.07, 6.45) is 0.133. The number of fused-ring (bicyclic) bond motifs is 1. The van der Waals surface area contributed by atoms with Crippen LogP contribution in [0.3, 0.4) is 0 Å². The molecular weight excluding hydrogens is 250 g/mol. The van der Waals surface area contributed by atoms with Gasteiger partial charge in [0.1, 0.15) is 0 Å². The Morgan fingerprint density at radius 1 is 1.50 bits per heavy atom. The molecule has 2 rings (SSSR count). The molecule has 0 spiro atoms. The number of aliphatic carboxylic acids is 1. The number of benzene rings is 1. The summed E-state index contributed by atoms with van der Waals surface area (Å²) in [5.74, 6) is -0.799. The van der Waals surface area contributed by atoms with E-state index in [0.29, 0.717) is 5.02 Å². The number of aryl methyl sites for hydroxylation is 1. The van der Waals surface area contributed by atoms with Gasteiger partial charge in [-0.2, -0.15) is 0 Å². The van der Waals surface area contributed by atoms with Crippen molar-refractivity contribution in [2.24, 2.45) is 0 Å². The summed E-state index contributed by atoms with van der Waals surface area (Å²) in [5, 5.41) is 10.6. The van der Waals surface area contributed by atoms with Crippen molar-refractivity contribution in [2.45, 2.75) is 32.7 Å². The van der Waals surface area contributed by atoms with E-state index in [1.54, 1.807) is 0 Å². The van der Waals surface area contributed by atoms with Crippen LogP contribution in [0.1, 0.15) is 31.9 Å². The molecule has 0 aliphatic rings. The molecule has 1 aromatic heterocycles. The third kappa shape index (κ3) is 2.23. The number of hydrogen-bond donors (Lipinski definition) is 1. The van der Waals surface area contributed by atoms with Gasteiger partial charge in [0.25, 0.3) is 0 Å². The van der Waals surface area contributed by atoms with Crippen molar-refractivity contribution in [3.05, 3.63) is 35.0 Å². The van der Waals surface area contributed by atoms with E-state index in [-0.39, 0.29) is 12.3 Å². The van der Waals surface area contributed by atoms with Crippen molar-refractivity contribution in [2.75, 3.05) is 0 Å². The number of rotatable bonds is 4. The number of carboxylic acids is 1. The van der Waals surface area contributed by atoms with Crippen molar-refractivity contribution in [1.82, 2.24) is 4.57 Å². The van der Waals surface area contributed by atoms with Crippen LogP contribution in [0.25, 0.3) is 10.9 Å². The molecule has 0 fully saturated rings. The molecule has 0 aliphatic carbocycles. The molecule has 1 unspecified atom stereocenters. The lowest BCUT2D eigenvalue weighted by atomic mass is 10.0. The summed E-state index contributed by atoms with van der Waals surface area (Å²) in [4.78, 5) is 10.8. The van der Waals surface area contributed by atoms with E-state index in [1.165, 1.54) is 0 Å². The molecule has 1 N–H and O–H groups in total. The fourth-order valence-corrected chi connectivity index (χ4v) is 2.62. The summed E-state index contributed by atoms with van der Waals surface area (Å²) in [6.45, 7) is 4.79. The van der Waals surface area contributed by atoms with E-state index in [0.717, 1.165) is 23.1 Å². The Morgan fingerprint density at radius 3 is 2.83 bits per heavy atom. The second kappa shape index (κ2) is 5.02. The average molecular weight is 266 g/mol. The largest absolute Gasteiger partial charge is 0.481 e. The maximum Gasteiger partial charge on any atom is 0.304 e. The van der Waals surface area contributed by atoms with Crippen molar-refractivity contribution < 1.29 is 9.90 Å². The first-order valence-electron chi connectivity index (χ1n) is 6.04. The Hall–Kier alpha value is -1.48. The van der Waals surface area contributed by atoms with Crippen molar-refractivity contribution in [1.29, 1.82) is 0 Å². The lowest BCUT2D eigenvalue weighted by Crippen LogP contribution is -2.08. The smallest absolute Gasteiger partial charge is 0.304 e. The third-order valence-corrected chi connectivity index (χ3v) is 3.56. The van der Waals surface area contributed by atoms with Gasteiger partial charge in [-0.25, -0.2) is 0 Å². The molecule has 0 radical (unpaired) electrons. The van der Waals surface area contributed by atoms with Crippen LogP contribution in [0, 0.1) is 0 Å². The number of hydrogen-bond acceptors (Lipinski definition) is 1. The van der Waals surface area contributed by atoms with Gasteiger partial charge >= 0.3 is 5.97 Å². The van der Waals surface area contributed by atoms with Gasteiger partial charge in [0.2, 0.25) is 0 Å². The maximum absolute atomic E-state index is 10.8. The summed E-state index contributed by atoms with van der Waals surface area (Å²) >= 11 is 6.18. The van der Waals surface area contributed by atoms with Crippen LogP contribution in [0.5, 0.6) is 0 Å². The van der Waals surface area contributed by atoms with E-state index in [2.05, 4.69) is 11.5 Å². The second-order valence-electron chi connectivity index (χ2n) is 4.49. The molecule has 0 amide bonds. The van der Waals surface area contributed by atoms with Crippen LogP contribution >= 0.6 is 11.6 Å². The molecule has 2 aromatic rings. The highest BCUT2D eigenvalue weighted by Crippen LogP contribution is 2.31. The van der Waals surface area contributed by atoms with Gasteiger partial charge in [-0.05, 0) is 25.1 Å². The normalized spacial score (nSPS) is 12.8. The minimum atomic E-state index is -0.776. The molecule has 1 heterocycles. The molecule has 0 saturated heterocycles. The lowest BCUT2D eigenvalue weighted by Gasteiger charge is -2.13. The number of nitrogens with zero attached hydrogens (tertiary/aromatic N) is 1. The predicted molar refractivity (Wildman–Crippen MR) is 73.3 cm³/mol. The Morgan fingerprint density at radius 2 is 2.22 bits per heavy atom. The van der Waals surface area contributed by atoms with Crippen LogP contribution in [0.4, 0.5) is 0 Å². The Bertz CT molecular complexity index is 589. The monoisotopic (exact) mass is 265 g/mol. The van der Waals surface area contributed by atoms with Crippen LogP contribution in [0.2, 0.25) is 5.02 Å². The lowest BCUT2D eigenvalue weighted by molar-refractivity contribution is -0.137. The SMILES string of the molecule is CCn1c(C(C)CC(=O)O)cc2c(Cl)cccc21. The van der Waals surface area contributed by atoms with Crippen molar-refractivity contribution in [3.63, 3.8) is 0 Å². The quantitative estimate of drug-likeness (QED) is 0.911.